The molecule has 2 saturated heterocycles. The maximum Gasteiger partial charge on any atom is 0.236 e. The van der Waals surface area contributed by atoms with E-state index in [0.717, 1.165) is 13.1 Å². The van der Waals surface area contributed by atoms with Crippen molar-refractivity contribution in [3.8, 4) is 0 Å². The lowest BCUT2D eigenvalue weighted by Gasteiger charge is -2.33. The van der Waals surface area contributed by atoms with E-state index in [1.807, 2.05) is 11.9 Å². The highest BCUT2D eigenvalue weighted by Crippen LogP contribution is 2.23. The van der Waals surface area contributed by atoms with Crippen molar-refractivity contribution in [2.75, 3.05) is 26.7 Å². The number of amides is 1. The van der Waals surface area contributed by atoms with Crippen molar-refractivity contribution < 1.29 is 4.79 Å². The van der Waals surface area contributed by atoms with Crippen LogP contribution < -0.4 is 5.32 Å². The lowest BCUT2D eigenvalue weighted by molar-refractivity contribution is -0.133. The average molecular weight is 279 g/mol. The van der Waals surface area contributed by atoms with Crippen LogP contribution in [-0.2, 0) is 4.79 Å². The van der Waals surface area contributed by atoms with Gasteiger partial charge in [0.05, 0.1) is 6.54 Å². The van der Waals surface area contributed by atoms with E-state index in [1.165, 1.54) is 51.4 Å². The highest BCUT2D eigenvalue weighted by Gasteiger charge is 2.31. The number of hydrogen-bond donors (Lipinski definition) is 1. The first-order chi connectivity index (χ1) is 9.72. The Hall–Kier alpha value is -0.610. The van der Waals surface area contributed by atoms with Crippen molar-refractivity contribution in [1.29, 1.82) is 0 Å². The maximum atomic E-state index is 12.5. The normalized spacial score (nSPS) is 32.0. The van der Waals surface area contributed by atoms with Gasteiger partial charge in [-0.15, -0.1) is 0 Å². The van der Waals surface area contributed by atoms with Gasteiger partial charge in [0.15, 0.2) is 0 Å². The standard InChI is InChI=1S/C16H29N3O/c1-18(15-5-3-2-4-6-15)16(20)12-19-10-9-13-7-8-14(11-19)17-13/h13-15,17H,2-12H2,1H3. The van der Waals surface area contributed by atoms with E-state index < -0.39 is 0 Å². The topological polar surface area (TPSA) is 35.6 Å². The van der Waals surface area contributed by atoms with Crippen LogP contribution in [0.5, 0.6) is 0 Å². The molecule has 1 N–H and O–H groups in total. The second-order valence-corrected chi connectivity index (χ2v) is 6.96. The largest absolute Gasteiger partial charge is 0.342 e. The number of likely N-dealkylation sites (N-methyl/N-ethyl adjacent to an activating group) is 1. The Morgan fingerprint density at radius 3 is 2.65 bits per heavy atom. The molecule has 0 radical (unpaired) electrons. The van der Waals surface area contributed by atoms with E-state index in [2.05, 4.69) is 10.2 Å². The maximum absolute atomic E-state index is 12.5. The second-order valence-electron chi connectivity index (χ2n) is 6.96. The SMILES string of the molecule is CN(C(=O)CN1CCC2CCC(C1)N2)C1CCCCC1. The first kappa shape index (κ1) is 14.3. The number of nitrogens with zero attached hydrogens (tertiary/aromatic N) is 2. The molecule has 1 amide bonds. The van der Waals surface area contributed by atoms with E-state index in [9.17, 15) is 4.79 Å². The minimum Gasteiger partial charge on any atom is -0.342 e. The zero-order valence-corrected chi connectivity index (χ0v) is 12.8. The van der Waals surface area contributed by atoms with Gasteiger partial charge in [0.25, 0.3) is 0 Å². The predicted octanol–water partition coefficient (Wildman–Crippen LogP) is 1.60. The number of hydrogen-bond acceptors (Lipinski definition) is 3. The van der Waals surface area contributed by atoms with Crippen LogP contribution in [-0.4, -0.2) is 60.5 Å². The zero-order valence-electron chi connectivity index (χ0n) is 12.8. The molecule has 20 heavy (non-hydrogen) atoms. The van der Waals surface area contributed by atoms with E-state index in [1.54, 1.807) is 0 Å². The summed E-state index contributed by atoms with van der Waals surface area (Å²) in [5.74, 6) is 0.328. The van der Waals surface area contributed by atoms with Crippen LogP contribution in [0.2, 0.25) is 0 Å². The Kier molecular flexibility index (Phi) is 4.61. The Labute approximate surface area is 122 Å². The lowest BCUT2D eigenvalue weighted by Crippen LogP contribution is -2.46. The number of nitrogens with one attached hydrogen (secondary N) is 1. The molecule has 3 rings (SSSR count). The minimum absolute atomic E-state index is 0.328. The van der Waals surface area contributed by atoms with Gasteiger partial charge in [0.1, 0.15) is 0 Å². The number of carbonyl (C=O) groups is 1. The van der Waals surface area contributed by atoms with E-state index in [-0.39, 0.29) is 0 Å². The second kappa shape index (κ2) is 6.44. The van der Waals surface area contributed by atoms with Crippen LogP contribution in [0.15, 0.2) is 0 Å². The first-order valence-electron chi connectivity index (χ1n) is 8.46. The fourth-order valence-electron chi connectivity index (χ4n) is 4.13. The van der Waals surface area contributed by atoms with Crippen LogP contribution in [0.4, 0.5) is 0 Å². The van der Waals surface area contributed by atoms with Crippen molar-refractivity contribution >= 4 is 5.91 Å². The van der Waals surface area contributed by atoms with Gasteiger partial charge in [-0.1, -0.05) is 19.3 Å². The molecule has 4 nitrogen and oxygen atoms in total. The van der Waals surface area contributed by atoms with Gasteiger partial charge in [0.2, 0.25) is 5.91 Å². The molecule has 2 atom stereocenters. The molecule has 2 heterocycles. The van der Waals surface area contributed by atoms with Crippen LogP contribution >= 0.6 is 0 Å². The summed E-state index contributed by atoms with van der Waals surface area (Å²) in [6, 6.07) is 1.82. The monoisotopic (exact) mass is 279 g/mol. The van der Waals surface area contributed by atoms with Crippen molar-refractivity contribution in [2.45, 2.75) is 69.5 Å². The highest BCUT2D eigenvalue weighted by atomic mass is 16.2. The summed E-state index contributed by atoms with van der Waals surface area (Å²) in [4.78, 5) is 16.9. The Morgan fingerprint density at radius 1 is 1.10 bits per heavy atom. The number of fused-ring (bicyclic) bond motifs is 2. The summed E-state index contributed by atoms with van der Waals surface area (Å²) in [6.07, 6.45) is 10.2. The van der Waals surface area contributed by atoms with Gasteiger partial charge in [-0.3, -0.25) is 9.69 Å². The summed E-state index contributed by atoms with van der Waals surface area (Å²) in [5, 5.41) is 3.68. The lowest BCUT2D eigenvalue weighted by atomic mass is 9.94. The third-order valence-electron chi connectivity index (χ3n) is 5.48. The van der Waals surface area contributed by atoms with Crippen molar-refractivity contribution in [3.63, 3.8) is 0 Å². The van der Waals surface area contributed by atoms with E-state index in [0.29, 0.717) is 30.6 Å². The van der Waals surface area contributed by atoms with Crippen LogP contribution in [0.3, 0.4) is 0 Å². The minimum atomic E-state index is 0.328. The molecule has 3 aliphatic rings. The molecule has 1 aliphatic carbocycles. The molecule has 2 aliphatic heterocycles. The van der Waals surface area contributed by atoms with Crippen molar-refractivity contribution in [2.24, 2.45) is 0 Å². The Balaban J connectivity index is 1.50. The van der Waals surface area contributed by atoms with Gasteiger partial charge in [-0.25, -0.2) is 0 Å². The summed E-state index contributed by atoms with van der Waals surface area (Å²) in [6.45, 7) is 2.76. The molecular weight excluding hydrogens is 250 g/mol. The molecule has 114 valence electrons. The fourth-order valence-corrected chi connectivity index (χ4v) is 4.13. The summed E-state index contributed by atoms with van der Waals surface area (Å²) in [5.41, 5.74) is 0. The van der Waals surface area contributed by atoms with Crippen LogP contribution in [0, 0.1) is 0 Å². The molecule has 4 heteroatoms. The first-order valence-corrected chi connectivity index (χ1v) is 8.46. The van der Waals surface area contributed by atoms with Crippen LogP contribution in [0.25, 0.3) is 0 Å². The van der Waals surface area contributed by atoms with E-state index >= 15 is 0 Å². The quantitative estimate of drug-likeness (QED) is 0.852. The zero-order chi connectivity index (χ0) is 13.9. The van der Waals surface area contributed by atoms with Crippen LogP contribution in [0.1, 0.15) is 51.4 Å². The van der Waals surface area contributed by atoms with Crippen molar-refractivity contribution in [1.82, 2.24) is 15.1 Å². The average Bonchev–Trinajstić information content (AvgIpc) is 2.81. The molecule has 0 aromatic carbocycles. The molecule has 0 spiro atoms. The summed E-state index contributed by atoms with van der Waals surface area (Å²) < 4.78 is 0. The molecule has 2 bridgehead atoms. The Morgan fingerprint density at radius 2 is 1.85 bits per heavy atom. The molecule has 2 unspecified atom stereocenters. The van der Waals surface area contributed by atoms with Gasteiger partial charge in [0, 0.05) is 38.3 Å². The predicted molar refractivity (Wildman–Crippen MR) is 80.6 cm³/mol. The van der Waals surface area contributed by atoms with Crippen molar-refractivity contribution in [3.05, 3.63) is 0 Å². The number of carbonyl (C=O) groups excluding carboxylic acids is 1. The fraction of sp³-hybridized carbons (Fsp3) is 0.938. The highest BCUT2D eigenvalue weighted by molar-refractivity contribution is 5.78. The summed E-state index contributed by atoms with van der Waals surface area (Å²) in [7, 11) is 2.01. The number of rotatable bonds is 3. The smallest absolute Gasteiger partial charge is 0.236 e. The molecule has 3 fully saturated rings. The molecule has 0 aromatic heterocycles. The molecular formula is C16H29N3O. The molecule has 0 aromatic rings. The van der Waals surface area contributed by atoms with Gasteiger partial charge >= 0.3 is 0 Å². The Bertz CT molecular complexity index is 341. The summed E-state index contributed by atoms with van der Waals surface area (Å²) >= 11 is 0. The van der Waals surface area contributed by atoms with Gasteiger partial charge in [-0.05, 0) is 32.1 Å². The van der Waals surface area contributed by atoms with E-state index in [4.69, 9.17) is 0 Å². The van der Waals surface area contributed by atoms with Gasteiger partial charge < -0.3 is 10.2 Å². The number of likely N-dealkylation sites (tertiary alicyclic amines) is 1. The molecule has 1 saturated carbocycles. The third-order valence-corrected chi connectivity index (χ3v) is 5.48. The third kappa shape index (κ3) is 3.34. The van der Waals surface area contributed by atoms with Gasteiger partial charge in [-0.2, -0.15) is 0 Å².